The van der Waals surface area contributed by atoms with Crippen LogP contribution in [0.4, 0.5) is 0 Å². The smallest absolute Gasteiger partial charge is 0.00166 e. The van der Waals surface area contributed by atoms with Crippen LogP contribution in [-0.4, -0.2) is 5.25 Å². The summed E-state index contributed by atoms with van der Waals surface area (Å²) in [4.78, 5) is 0. The summed E-state index contributed by atoms with van der Waals surface area (Å²) < 4.78 is 0. The van der Waals surface area contributed by atoms with Gasteiger partial charge in [0.25, 0.3) is 0 Å². The second-order valence-corrected chi connectivity index (χ2v) is 4.62. The molecule has 1 rings (SSSR count). The fourth-order valence-electron chi connectivity index (χ4n) is 1.35. The molecule has 1 aromatic rings. The topological polar surface area (TPSA) is 0 Å². The van der Waals surface area contributed by atoms with E-state index in [9.17, 15) is 0 Å². The van der Waals surface area contributed by atoms with E-state index in [1.165, 1.54) is 31.2 Å². The van der Waals surface area contributed by atoms with Gasteiger partial charge in [-0.15, -0.1) is 0 Å². The number of benzene rings is 1. The monoisotopic (exact) mass is 224 g/mol. The van der Waals surface area contributed by atoms with Crippen LogP contribution >= 0.6 is 12.6 Å². The fraction of sp³-hybridized carbons (Fsp3) is 0.571. The predicted molar refractivity (Wildman–Crippen MR) is 73.8 cm³/mol. The zero-order valence-corrected chi connectivity index (χ0v) is 11.1. The zero-order chi connectivity index (χ0) is 11.5. The molecule has 0 fully saturated rings. The molecule has 0 aliphatic rings. The van der Waals surface area contributed by atoms with Crippen molar-refractivity contribution in [3.05, 3.63) is 35.9 Å². The van der Waals surface area contributed by atoms with Gasteiger partial charge in [0.05, 0.1) is 0 Å². The predicted octanol–water partition coefficient (Wildman–Crippen LogP) is 4.88. The van der Waals surface area contributed by atoms with Crippen LogP contribution in [0.2, 0.25) is 0 Å². The van der Waals surface area contributed by atoms with Crippen LogP contribution in [0.1, 0.15) is 45.1 Å². The average Bonchev–Trinajstić information content (AvgIpc) is 2.20. The highest BCUT2D eigenvalue weighted by Crippen LogP contribution is 2.09. The first-order valence-corrected chi connectivity index (χ1v) is 6.42. The van der Waals surface area contributed by atoms with E-state index in [-0.39, 0.29) is 0 Å². The van der Waals surface area contributed by atoms with Crippen molar-refractivity contribution in [2.45, 2.75) is 51.7 Å². The minimum Gasteiger partial charge on any atom is -0.176 e. The summed E-state index contributed by atoms with van der Waals surface area (Å²) in [6.07, 6.45) is 5.09. The Morgan fingerprint density at radius 3 is 1.73 bits per heavy atom. The lowest BCUT2D eigenvalue weighted by Crippen LogP contribution is -1.95. The first-order chi connectivity index (χ1) is 7.20. The van der Waals surface area contributed by atoms with Crippen molar-refractivity contribution in [2.24, 2.45) is 0 Å². The second kappa shape index (κ2) is 10.1. The number of hydrogen-bond acceptors (Lipinski definition) is 1. The van der Waals surface area contributed by atoms with Gasteiger partial charge in [0.2, 0.25) is 0 Å². The van der Waals surface area contributed by atoms with E-state index in [0.29, 0.717) is 5.25 Å². The van der Waals surface area contributed by atoms with Crippen molar-refractivity contribution in [3.63, 3.8) is 0 Å². The molecule has 15 heavy (non-hydrogen) atoms. The Morgan fingerprint density at radius 2 is 1.47 bits per heavy atom. The third kappa shape index (κ3) is 9.86. The molecular formula is C14H24S. The molecule has 0 nitrogen and oxygen atoms in total. The average molecular weight is 224 g/mol. The lowest BCUT2D eigenvalue weighted by molar-refractivity contribution is 0.676. The quantitative estimate of drug-likeness (QED) is 0.692. The summed E-state index contributed by atoms with van der Waals surface area (Å²) in [5.74, 6) is 0. The van der Waals surface area contributed by atoms with Gasteiger partial charge in [0, 0.05) is 5.25 Å². The molecule has 0 saturated heterocycles. The third-order valence-electron chi connectivity index (χ3n) is 2.18. The largest absolute Gasteiger partial charge is 0.176 e. The molecule has 86 valence electrons. The highest BCUT2D eigenvalue weighted by atomic mass is 32.1. The molecule has 0 saturated carbocycles. The number of rotatable bonds is 4. The molecule has 0 aromatic heterocycles. The molecular weight excluding hydrogens is 200 g/mol. The van der Waals surface area contributed by atoms with Gasteiger partial charge in [-0.3, -0.25) is 0 Å². The van der Waals surface area contributed by atoms with Gasteiger partial charge < -0.3 is 0 Å². The summed E-state index contributed by atoms with van der Waals surface area (Å²) in [6.45, 7) is 6.50. The Kier molecular flexibility index (Phi) is 9.81. The van der Waals surface area contributed by atoms with Crippen molar-refractivity contribution >= 4 is 12.6 Å². The molecule has 0 heterocycles. The molecule has 0 spiro atoms. The SMILES string of the molecule is CCCC(S)CCC.Cc1ccccc1. The maximum atomic E-state index is 4.39. The lowest BCUT2D eigenvalue weighted by Gasteiger charge is -2.04. The Hall–Kier alpha value is -0.430. The summed E-state index contributed by atoms with van der Waals surface area (Å²) >= 11 is 4.39. The molecule has 0 amide bonds. The van der Waals surface area contributed by atoms with Gasteiger partial charge in [0.15, 0.2) is 0 Å². The molecule has 1 aromatic carbocycles. The molecule has 0 radical (unpaired) electrons. The normalized spacial score (nSPS) is 9.67. The Bertz CT molecular complexity index is 212. The van der Waals surface area contributed by atoms with Crippen LogP contribution in [0.15, 0.2) is 30.3 Å². The van der Waals surface area contributed by atoms with Gasteiger partial charge in [-0.1, -0.05) is 62.6 Å². The summed E-state index contributed by atoms with van der Waals surface area (Å²) in [7, 11) is 0. The zero-order valence-electron chi connectivity index (χ0n) is 10.2. The van der Waals surface area contributed by atoms with E-state index in [0.717, 1.165) is 0 Å². The minimum absolute atomic E-state index is 0.657. The van der Waals surface area contributed by atoms with E-state index in [1.54, 1.807) is 0 Å². The lowest BCUT2D eigenvalue weighted by atomic mass is 10.2. The number of thiol groups is 1. The van der Waals surface area contributed by atoms with Gasteiger partial charge >= 0.3 is 0 Å². The maximum Gasteiger partial charge on any atom is 0.00166 e. The van der Waals surface area contributed by atoms with Gasteiger partial charge in [0.1, 0.15) is 0 Å². The third-order valence-corrected chi connectivity index (χ3v) is 2.70. The van der Waals surface area contributed by atoms with Crippen molar-refractivity contribution in [1.29, 1.82) is 0 Å². The minimum atomic E-state index is 0.657. The van der Waals surface area contributed by atoms with Crippen LogP contribution < -0.4 is 0 Å². The van der Waals surface area contributed by atoms with E-state index in [4.69, 9.17) is 0 Å². The van der Waals surface area contributed by atoms with Crippen LogP contribution in [0, 0.1) is 6.92 Å². The van der Waals surface area contributed by atoms with Gasteiger partial charge in [-0.2, -0.15) is 12.6 Å². The van der Waals surface area contributed by atoms with Crippen molar-refractivity contribution in [2.75, 3.05) is 0 Å². The van der Waals surface area contributed by atoms with Crippen LogP contribution in [0.25, 0.3) is 0 Å². The number of hydrogen-bond donors (Lipinski definition) is 1. The second-order valence-electron chi connectivity index (χ2n) is 3.89. The van der Waals surface area contributed by atoms with Crippen LogP contribution in [0.3, 0.4) is 0 Å². The molecule has 0 aliphatic heterocycles. The molecule has 0 bridgehead atoms. The summed E-state index contributed by atoms with van der Waals surface area (Å²) in [5.41, 5.74) is 1.32. The highest BCUT2D eigenvalue weighted by molar-refractivity contribution is 7.80. The first-order valence-electron chi connectivity index (χ1n) is 5.90. The molecule has 0 N–H and O–H groups in total. The van der Waals surface area contributed by atoms with E-state index >= 15 is 0 Å². The van der Waals surface area contributed by atoms with Gasteiger partial charge in [-0.25, -0.2) is 0 Å². The van der Waals surface area contributed by atoms with Gasteiger partial charge in [-0.05, 0) is 19.8 Å². The van der Waals surface area contributed by atoms with Crippen LogP contribution in [0.5, 0.6) is 0 Å². The Balaban J connectivity index is 0.000000262. The Morgan fingerprint density at radius 1 is 1.00 bits per heavy atom. The summed E-state index contributed by atoms with van der Waals surface area (Å²) in [5, 5.41) is 0.657. The molecule has 0 atom stereocenters. The summed E-state index contributed by atoms with van der Waals surface area (Å²) in [6, 6.07) is 10.3. The van der Waals surface area contributed by atoms with E-state index < -0.39 is 0 Å². The van der Waals surface area contributed by atoms with Crippen LogP contribution in [-0.2, 0) is 0 Å². The van der Waals surface area contributed by atoms with E-state index in [1.807, 2.05) is 18.2 Å². The van der Waals surface area contributed by atoms with Crippen molar-refractivity contribution in [1.82, 2.24) is 0 Å². The highest BCUT2D eigenvalue weighted by Gasteiger charge is 1.96. The standard InChI is InChI=1S/C7H16S.C7H8/c1-3-5-7(8)6-4-2;1-7-5-3-2-4-6-7/h7-8H,3-6H2,1-2H3;2-6H,1H3. The number of aryl methyl sites for hydroxylation is 1. The first kappa shape index (κ1) is 14.6. The Labute approximate surface area is 101 Å². The van der Waals surface area contributed by atoms with Crippen molar-refractivity contribution < 1.29 is 0 Å². The van der Waals surface area contributed by atoms with Crippen molar-refractivity contribution in [3.8, 4) is 0 Å². The van der Waals surface area contributed by atoms with E-state index in [2.05, 4.69) is 45.5 Å². The fourth-order valence-corrected chi connectivity index (χ4v) is 1.86. The molecule has 1 heteroatoms. The maximum absolute atomic E-state index is 4.39. The molecule has 0 aliphatic carbocycles. The molecule has 0 unspecified atom stereocenters.